The lowest BCUT2D eigenvalue weighted by molar-refractivity contribution is -0.121. The molecule has 0 aliphatic heterocycles. The van der Waals surface area contributed by atoms with Gasteiger partial charge in [0, 0.05) is 25.2 Å². The summed E-state index contributed by atoms with van der Waals surface area (Å²) in [5, 5.41) is 2.79. The Kier molecular flexibility index (Phi) is 3.61. The molecule has 2 aromatic rings. The lowest BCUT2D eigenvalue weighted by atomic mass is 10.3. The Labute approximate surface area is 122 Å². The lowest BCUT2D eigenvalue weighted by Crippen LogP contribution is -2.26. The third-order valence-electron chi connectivity index (χ3n) is 3.44. The summed E-state index contributed by atoms with van der Waals surface area (Å²) >= 11 is 6.19. The number of imidazole rings is 1. The van der Waals surface area contributed by atoms with Gasteiger partial charge in [-0.15, -0.1) is 11.6 Å². The van der Waals surface area contributed by atoms with E-state index in [2.05, 4.69) is 15.3 Å². The SMILES string of the molecule is CC(Cl)c1nc2cnccc2n1CCC(=O)NC1CC1. The maximum Gasteiger partial charge on any atom is 0.222 e. The van der Waals surface area contributed by atoms with Crippen LogP contribution in [0.5, 0.6) is 0 Å². The highest BCUT2D eigenvalue weighted by atomic mass is 35.5. The van der Waals surface area contributed by atoms with E-state index >= 15 is 0 Å². The van der Waals surface area contributed by atoms with Crippen LogP contribution in [0.25, 0.3) is 11.0 Å². The first-order valence-corrected chi connectivity index (χ1v) is 7.32. The number of carbonyl (C=O) groups excluding carboxylic acids is 1. The average Bonchev–Trinajstić information content (AvgIpc) is 3.15. The monoisotopic (exact) mass is 292 g/mol. The van der Waals surface area contributed by atoms with Gasteiger partial charge in [-0.3, -0.25) is 9.78 Å². The molecular formula is C14H17ClN4O. The Morgan fingerprint density at radius 2 is 2.40 bits per heavy atom. The molecule has 0 aromatic carbocycles. The molecule has 20 heavy (non-hydrogen) atoms. The molecular weight excluding hydrogens is 276 g/mol. The van der Waals surface area contributed by atoms with Crippen molar-refractivity contribution < 1.29 is 4.79 Å². The molecule has 2 heterocycles. The number of rotatable bonds is 5. The second-order valence-electron chi connectivity index (χ2n) is 5.19. The number of pyridine rings is 1. The molecule has 3 rings (SSSR count). The average molecular weight is 293 g/mol. The summed E-state index contributed by atoms with van der Waals surface area (Å²) in [6.07, 6.45) is 6.11. The first-order valence-electron chi connectivity index (χ1n) is 6.88. The molecule has 1 aliphatic rings. The fourth-order valence-electron chi connectivity index (χ4n) is 2.28. The number of nitrogens with zero attached hydrogens (tertiary/aromatic N) is 3. The molecule has 0 radical (unpaired) electrons. The van der Waals surface area contributed by atoms with Crippen LogP contribution in [0.1, 0.15) is 37.4 Å². The van der Waals surface area contributed by atoms with Gasteiger partial charge < -0.3 is 9.88 Å². The van der Waals surface area contributed by atoms with Crippen molar-refractivity contribution in [2.75, 3.05) is 0 Å². The van der Waals surface area contributed by atoms with Gasteiger partial charge in [0.15, 0.2) is 0 Å². The highest BCUT2D eigenvalue weighted by Gasteiger charge is 2.23. The van der Waals surface area contributed by atoms with Gasteiger partial charge in [0.05, 0.1) is 17.1 Å². The van der Waals surface area contributed by atoms with Crippen LogP contribution in [-0.4, -0.2) is 26.5 Å². The van der Waals surface area contributed by atoms with Crippen molar-refractivity contribution in [3.05, 3.63) is 24.3 Å². The molecule has 1 aliphatic carbocycles. The van der Waals surface area contributed by atoms with Crippen molar-refractivity contribution in [3.63, 3.8) is 0 Å². The smallest absolute Gasteiger partial charge is 0.222 e. The summed E-state index contributed by atoms with van der Waals surface area (Å²) in [4.78, 5) is 20.4. The summed E-state index contributed by atoms with van der Waals surface area (Å²) in [6.45, 7) is 2.47. The van der Waals surface area contributed by atoms with Crippen LogP contribution in [0, 0.1) is 0 Å². The highest BCUT2D eigenvalue weighted by Crippen LogP contribution is 2.24. The summed E-state index contributed by atoms with van der Waals surface area (Å²) in [5.74, 6) is 0.880. The third kappa shape index (κ3) is 2.77. The molecule has 2 aromatic heterocycles. The van der Waals surface area contributed by atoms with E-state index in [1.165, 1.54) is 0 Å². The molecule has 0 saturated heterocycles. The molecule has 1 N–H and O–H groups in total. The zero-order valence-corrected chi connectivity index (χ0v) is 12.1. The summed E-state index contributed by atoms with van der Waals surface area (Å²) in [6, 6.07) is 2.31. The Morgan fingerprint density at radius 3 is 3.10 bits per heavy atom. The number of hydrogen-bond acceptors (Lipinski definition) is 3. The minimum atomic E-state index is -0.200. The standard InChI is InChI=1S/C14H17ClN4O/c1-9(15)14-18-11-8-16-6-4-12(11)19(14)7-5-13(20)17-10-2-3-10/h4,6,8-10H,2-3,5,7H2,1H3,(H,17,20). The zero-order chi connectivity index (χ0) is 14.1. The van der Waals surface area contributed by atoms with E-state index in [0.29, 0.717) is 19.0 Å². The van der Waals surface area contributed by atoms with Gasteiger partial charge in [0.1, 0.15) is 11.3 Å². The van der Waals surface area contributed by atoms with Gasteiger partial charge in [-0.25, -0.2) is 4.98 Å². The van der Waals surface area contributed by atoms with Crippen molar-refractivity contribution in [1.29, 1.82) is 0 Å². The predicted octanol–water partition coefficient (Wildman–Crippen LogP) is 2.40. The van der Waals surface area contributed by atoms with Crippen LogP contribution in [0.2, 0.25) is 0 Å². The molecule has 0 bridgehead atoms. The number of fused-ring (bicyclic) bond motifs is 1. The molecule has 1 saturated carbocycles. The number of hydrogen-bond donors (Lipinski definition) is 1. The molecule has 5 nitrogen and oxygen atoms in total. The Morgan fingerprint density at radius 1 is 1.60 bits per heavy atom. The number of alkyl halides is 1. The molecule has 1 atom stereocenters. The number of nitrogens with one attached hydrogen (secondary N) is 1. The minimum absolute atomic E-state index is 0.0941. The van der Waals surface area contributed by atoms with Crippen molar-refractivity contribution in [1.82, 2.24) is 19.9 Å². The topological polar surface area (TPSA) is 59.8 Å². The van der Waals surface area contributed by atoms with E-state index in [1.807, 2.05) is 17.6 Å². The minimum Gasteiger partial charge on any atom is -0.353 e. The quantitative estimate of drug-likeness (QED) is 0.861. The van der Waals surface area contributed by atoms with E-state index in [-0.39, 0.29) is 11.3 Å². The van der Waals surface area contributed by atoms with Gasteiger partial charge >= 0.3 is 0 Å². The molecule has 106 valence electrons. The fourth-order valence-corrected chi connectivity index (χ4v) is 2.45. The van der Waals surface area contributed by atoms with Crippen LogP contribution >= 0.6 is 11.6 Å². The Hall–Kier alpha value is -1.62. The Balaban J connectivity index is 1.80. The molecule has 0 spiro atoms. The van der Waals surface area contributed by atoms with Crippen LogP contribution in [0.4, 0.5) is 0 Å². The van der Waals surface area contributed by atoms with Crippen LogP contribution in [-0.2, 0) is 11.3 Å². The van der Waals surface area contributed by atoms with E-state index in [4.69, 9.17) is 11.6 Å². The van der Waals surface area contributed by atoms with Crippen molar-refractivity contribution >= 4 is 28.5 Å². The largest absolute Gasteiger partial charge is 0.353 e. The number of carbonyl (C=O) groups is 1. The van der Waals surface area contributed by atoms with Crippen molar-refractivity contribution in [2.24, 2.45) is 0 Å². The van der Waals surface area contributed by atoms with Crippen LogP contribution < -0.4 is 5.32 Å². The van der Waals surface area contributed by atoms with Gasteiger partial charge in [0.25, 0.3) is 0 Å². The third-order valence-corrected chi connectivity index (χ3v) is 3.64. The number of aryl methyl sites for hydroxylation is 1. The molecule has 1 fully saturated rings. The van der Waals surface area contributed by atoms with Gasteiger partial charge in [-0.05, 0) is 25.8 Å². The predicted molar refractivity (Wildman–Crippen MR) is 77.6 cm³/mol. The van der Waals surface area contributed by atoms with Gasteiger partial charge in [-0.1, -0.05) is 0 Å². The second kappa shape index (κ2) is 5.40. The normalized spacial score (nSPS) is 16.3. The van der Waals surface area contributed by atoms with Gasteiger partial charge in [-0.2, -0.15) is 0 Å². The molecule has 6 heteroatoms. The van der Waals surface area contributed by atoms with Gasteiger partial charge in [0.2, 0.25) is 5.91 Å². The maximum atomic E-state index is 11.8. The fraction of sp³-hybridized carbons (Fsp3) is 0.500. The Bertz CT molecular complexity index is 633. The molecule has 1 amide bonds. The first kappa shape index (κ1) is 13.4. The highest BCUT2D eigenvalue weighted by molar-refractivity contribution is 6.20. The maximum absolute atomic E-state index is 11.8. The van der Waals surface area contributed by atoms with E-state index < -0.39 is 0 Å². The summed E-state index contributed by atoms with van der Waals surface area (Å²) in [7, 11) is 0. The number of amides is 1. The summed E-state index contributed by atoms with van der Waals surface area (Å²) < 4.78 is 2.02. The lowest BCUT2D eigenvalue weighted by Gasteiger charge is -2.10. The summed E-state index contributed by atoms with van der Waals surface area (Å²) in [5.41, 5.74) is 1.79. The molecule has 1 unspecified atom stereocenters. The van der Waals surface area contributed by atoms with E-state index in [0.717, 1.165) is 29.7 Å². The number of halogens is 1. The number of aromatic nitrogens is 3. The first-order chi connectivity index (χ1) is 9.65. The van der Waals surface area contributed by atoms with Crippen LogP contribution in [0.3, 0.4) is 0 Å². The van der Waals surface area contributed by atoms with E-state index in [9.17, 15) is 4.79 Å². The van der Waals surface area contributed by atoms with Crippen molar-refractivity contribution in [2.45, 2.75) is 44.1 Å². The van der Waals surface area contributed by atoms with Crippen LogP contribution in [0.15, 0.2) is 18.5 Å². The zero-order valence-electron chi connectivity index (χ0n) is 11.3. The van der Waals surface area contributed by atoms with Crippen molar-refractivity contribution in [3.8, 4) is 0 Å². The second-order valence-corrected chi connectivity index (χ2v) is 5.85. The van der Waals surface area contributed by atoms with E-state index in [1.54, 1.807) is 12.4 Å².